The average Bonchev–Trinajstić information content (AvgIpc) is 2.38. The highest BCUT2D eigenvalue weighted by Gasteiger charge is 2.16. The molecular weight excluding hydrogens is 271 g/mol. The van der Waals surface area contributed by atoms with E-state index in [0.29, 0.717) is 5.69 Å². The third kappa shape index (κ3) is 2.82. The van der Waals surface area contributed by atoms with Gasteiger partial charge in [0.1, 0.15) is 22.4 Å². The number of carboxylic acids is 1. The van der Waals surface area contributed by atoms with Crippen LogP contribution in [-0.2, 0) is 0 Å². The minimum Gasteiger partial charge on any atom is -0.478 e. The van der Waals surface area contributed by atoms with Crippen molar-refractivity contribution in [1.29, 1.82) is 0 Å². The largest absolute Gasteiger partial charge is 0.478 e. The molecule has 0 fully saturated rings. The van der Waals surface area contributed by atoms with Crippen LogP contribution in [0.5, 0.6) is 0 Å². The molecule has 0 aliphatic rings. The fraction of sp³-hybridized carbons (Fsp3) is 0.0769. The molecular formula is C13H10ClFN2O2. The maximum atomic E-state index is 12.9. The predicted octanol–water partition coefficient (Wildman–Crippen LogP) is 3.34. The molecule has 1 aromatic carbocycles. The Morgan fingerprint density at radius 1 is 1.26 bits per heavy atom. The van der Waals surface area contributed by atoms with E-state index in [-0.39, 0.29) is 22.4 Å². The number of carboxylic acid groups (broad SMARTS) is 1. The number of aromatic nitrogens is 1. The molecule has 0 aliphatic heterocycles. The lowest BCUT2D eigenvalue weighted by Crippen LogP contribution is -2.16. The van der Waals surface area contributed by atoms with Crippen molar-refractivity contribution in [3.63, 3.8) is 0 Å². The number of hydrogen-bond acceptors (Lipinski definition) is 3. The van der Waals surface area contributed by atoms with Crippen LogP contribution in [0.2, 0.25) is 5.15 Å². The summed E-state index contributed by atoms with van der Waals surface area (Å²) in [5, 5.41) is 9.32. The molecule has 1 aromatic heterocycles. The van der Waals surface area contributed by atoms with Crippen molar-refractivity contribution in [3.8, 4) is 0 Å². The molecule has 0 saturated heterocycles. The van der Waals surface area contributed by atoms with Crippen molar-refractivity contribution in [3.05, 3.63) is 52.9 Å². The second-order valence-electron chi connectivity index (χ2n) is 3.85. The lowest BCUT2D eigenvalue weighted by Gasteiger charge is -2.20. The summed E-state index contributed by atoms with van der Waals surface area (Å²) in [5.74, 6) is -1.27. The first-order valence-corrected chi connectivity index (χ1v) is 5.76. The van der Waals surface area contributed by atoms with E-state index in [1.165, 1.54) is 41.3 Å². The van der Waals surface area contributed by atoms with E-state index in [9.17, 15) is 9.18 Å². The van der Waals surface area contributed by atoms with Crippen LogP contribution in [-0.4, -0.2) is 23.1 Å². The number of hydrogen-bond donors (Lipinski definition) is 1. The molecule has 0 amide bonds. The first kappa shape index (κ1) is 13.3. The highest BCUT2D eigenvalue weighted by Crippen LogP contribution is 2.26. The topological polar surface area (TPSA) is 53.4 Å². The van der Waals surface area contributed by atoms with E-state index in [0.717, 1.165) is 0 Å². The van der Waals surface area contributed by atoms with Gasteiger partial charge in [0.25, 0.3) is 0 Å². The van der Waals surface area contributed by atoms with Crippen molar-refractivity contribution < 1.29 is 14.3 Å². The van der Waals surface area contributed by atoms with Crippen molar-refractivity contribution >= 4 is 29.1 Å². The summed E-state index contributed by atoms with van der Waals surface area (Å²) in [6.07, 6.45) is 0. The van der Waals surface area contributed by atoms with Crippen LogP contribution in [0.3, 0.4) is 0 Å². The molecule has 0 atom stereocenters. The van der Waals surface area contributed by atoms with Crippen LogP contribution in [0.25, 0.3) is 0 Å². The number of pyridine rings is 1. The van der Waals surface area contributed by atoms with Crippen LogP contribution in [0.1, 0.15) is 10.4 Å². The summed E-state index contributed by atoms with van der Waals surface area (Å²) in [4.78, 5) is 16.7. The maximum Gasteiger partial charge on any atom is 0.339 e. The molecule has 2 rings (SSSR count). The van der Waals surface area contributed by atoms with Crippen LogP contribution in [0.4, 0.5) is 15.9 Å². The van der Waals surface area contributed by atoms with Gasteiger partial charge in [-0.15, -0.1) is 0 Å². The number of aromatic carboxylic acids is 1. The number of carbonyl (C=O) groups is 1. The SMILES string of the molecule is CN(c1ccc(F)cc1)c1nc(Cl)ccc1C(=O)O. The summed E-state index contributed by atoms with van der Waals surface area (Å²) in [5.41, 5.74) is 0.634. The molecule has 1 N–H and O–H groups in total. The quantitative estimate of drug-likeness (QED) is 0.876. The number of halogens is 2. The summed E-state index contributed by atoms with van der Waals surface area (Å²) < 4.78 is 12.9. The molecule has 98 valence electrons. The molecule has 0 aliphatic carbocycles. The summed E-state index contributed by atoms with van der Waals surface area (Å²) >= 11 is 5.79. The van der Waals surface area contributed by atoms with Gasteiger partial charge < -0.3 is 10.0 Å². The Morgan fingerprint density at radius 2 is 1.89 bits per heavy atom. The van der Waals surface area contributed by atoms with Gasteiger partial charge in [0.15, 0.2) is 0 Å². The molecule has 4 nitrogen and oxygen atoms in total. The van der Waals surface area contributed by atoms with E-state index < -0.39 is 5.97 Å². The van der Waals surface area contributed by atoms with Gasteiger partial charge in [-0.25, -0.2) is 14.2 Å². The Balaban J connectivity index is 2.48. The normalized spacial score (nSPS) is 10.3. The second-order valence-corrected chi connectivity index (χ2v) is 4.23. The third-order valence-corrected chi connectivity index (χ3v) is 2.81. The van der Waals surface area contributed by atoms with Gasteiger partial charge in [-0.2, -0.15) is 0 Å². The van der Waals surface area contributed by atoms with Crippen molar-refractivity contribution in [2.24, 2.45) is 0 Å². The predicted molar refractivity (Wildman–Crippen MR) is 70.7 cm³/mol. The Kier molecular flexibility index (Phi) is 3.66. The lowest BCUT2D eigenvalue weighted by atomic mass is 10.2. The summed E-state index contributed by atoms with van der Waals surface area (Å²) in [7, 11) is 1.64. The minimum absolute atomic E-state index is 0.0243. The van der Waals surface area contributed by atoms with E-state index in [1.807, 2.05) is 0 Å². The first-order valence-electron chi connectivity index (χ1n) is 5.38. The number of nitrogens with zero attached hydrogens (tertiary/aromatic N) is 2. The summed E-state index contributed by atoms with van der Waals surface area (Å²) in [6, 6.07) is 8.43. The Morgan fingerprint density at radius 3 is 2.47 bits per heavy atom. The van der Waals surface area contributed by atoms with E-state index in [2.05, 4.69) is 4.98 Å². The fourth-order valence-corrected chi connectivity index (χ4v) is 1.78. The second kappa shape index (κ2) is 5.24. The lowest BCUT2D eigenvalue weighted by molar-refractivity contribution is 0.0697. The Hall–Kier alpha value is -2.14. The van der Waals surface area contributed by atoms with Gasteiger partial charge in [-0.3, -0.25) is 0 Å². The fourth-order valence-electron chi connectivity index (χ4n) is 1.63. The molecule has 0 radical (unpaired) electrons. The molecule has 0 saturated carbocycles. The molecule has 0 spiro atoms. The van der Waals surface area contributed by atoms with Crippen LogP contribution in [0.15, 0.2) is 36.4 Å². The monoisotopic (exact) mass is 280 g/mol. The van der Waals surface area contributed by atoms with Crippen molar-refractivity contribution in [2.75, 3.05) is 11.9 Å². The zero-order valence-corrected chi connectivity index (χ0v) is 10.7. The Bertz CT molecular complexity index is 617. The van der Waals surface area contributed by atoms with Crippen molar-refractivity contribution in [2.45, 2.75) is 0 Å². The molecule has 1 heterocycles. The van der Waals surface area contributed by atoms with Gasteiger partial charge in [0.2, 0.25) is 0 Å². The van der Waals surface area contributed by atoms with Crippen LogP contribution >= 0.6 is 11.6 Å². The minimum atomic E-state index is -1.10. The number of anilines is 2. The number of rotatable bonds is 3. The maximum absolute atomic E-state index is 12.9. The van der Waals surface area contributed by atoms with Gasteiger partial charge in [-0.05, 0) is 36.4 Å². The van der Waals surface area contributed by atoms with Crippen molar-refractivity contribution in [1.82, 2.24) is 4.98 Å². The van der Waals surface area contributed by atoms with E-state index in [4.69, 9.17) is 16.7 Å². The average molecular weight is 281 g/mol. The van der Waals surface area contributed by atoms with Gasteiger partial charge in [0, 0.05) is 12.7 Å². The van der Waals surface area contributed by atoms with Crippen LogP contribution in [0, 0.1) is 5.82 Å². The summed E-state index contributed by atoms with van der Waals surface area (Å²) in [6.45, 7) is 0. The zero-order chi connectivity index (χ0) is 14.0. The van der Waals surface area contributed by atoms with E-state index >= 15 is 0 Å². The first-order chi connectivity index (χ1) is 8.99. The molecule has 6 heteroatoms. The smallest absolute Gasteiger partial charge is 0.339 e. The van der Waals surface area contributed by atoms with Gasteiger partial charge >= 0.3 is 5.97 Å². The zero-order valence-electron chi connectivity index (χ0n) is 9.97. The standard InChI is InChI=1S/C13H10ClFN2O2/c1-17(9-4-2-8(15)3-5-9)12-10(13(18)19)6-7-11(14)16-12/h2-7H,1H3,(H,18,19). The highest BCUT2D eigenvalue weighted by molar-refractivity contribution is 6.29. The Labute approximate surface area is 114 Å². The third-order valence-electron chi connectivity index (χ3n) is 2.60. The molecule has 0 bridgehead atoms. The molecule has 0 unspecified atom stereocenters. The molecule has 19 heavy (non-hydrogen) atoms. The van der Waals surface area contributed by atoms with Gasteiger partial charge in [-0.1, -0.05) is 11.6 Å². The molecule has 2 aromatic rings. The highest BCUT2D eigenvalue weighted by atomic mass is 35.5. The van der Waals surface area contributed by atoms with Gasteiger partial charge in [0.05, 0.1) is 0 Å². The van der Waals surface area contributed by atoms with Crippen LogP contribution < -0.4 is 4.90 Å². The van der Waals surface area contributed by atoms with E-state index in [1.54, 1.807) is 7.05 Å². The number of benzene rings is 1.